The first-order valence-corrected chi connectivity index (χ1v) is 6.75. The molecule has 2 N–H and O–H groups in total. The maximum atomic E-state index is 9.34. The first-order chi connectivity index (χ1) is 8.33. The average Bonchev–Trinajstić information content (AvgIpc) is 3.17. The predicted molar refractivity (Wildman–Crippen MR) is 68.9 cm³/mol. The summed E-state index contributed by atoms with van der Waals surface area (Å²) in [7, 11) is 0. The molecule has 0 bridgehead atoms. The molecular formula is C15H21NO. The number of benzene rings is 1. The van der Waals surface area contributed by atoms with E-state index in [1.165, 1.54) is 43.2 Å². The maximum absolute atomic E-state index is 9.34. The second kappa shape index (κ2) is 4.43. The summed E-state index contributed by atoms with van der Waals surface area (Å²) in [6, 6.07) is 9.28. The standard InChI is InChI=1S/C15H21NO/c17-11-15(8-9-15)10-16-14-7-3-5-12-4-1-2-6-13(12)14/h1-2,4,6,14,16-17H,3,5,7-11H2. The Balaban J connectivity index is 1.68. The Labute approximate surface area is 103 Å². The van der Waals surface area contributed by atoms with Gasteiger partial charge in [0.25, 0.3) is 0 Å². The fourth-order valence-corrected chi connectivity index (χ4v) is 2.87. The normalized spacial score (nSPS) is 25.4. The van der Waals surface area contributed by atoms with Gasteiger partial charge >= 0.3 is 0 Å². The van der Waals surface area contributed by atoms with Crippen molar-refractivity contribution in [2.45, 2.75) is 38.1 Å². The van der Waals surface area contributed by atoms with Crippen LogP contribution < -0.4 is 5.32 Å². The molecule has 1 aromatic rings. The van der Waals surface area contributed by atoms with Crippen molar-refractivity contribution < 1.29 is 5.11 Å². The molecule has 3 rings (SSSR count). The van der Waals surface area contributed by atoms with Gasteiger partial charge in [0, 0.05) is 24.6 Å². The molecule has 0 aromatic heterocycles. The van der Waals surface area contributed by atoms with E-state index in [4.69, 9.17) is 0 Å². The van der Waals surface area contributed by atoms with Gasteiger partial charge in [-0.2, -0.15) is 0 Å². The van der Waals surface area contributed by atoms with E-state index in [9.17, 15) is 5.11 Å². The summed E-state index contributed by atoms with van der Waals surface area (Å²) < 4.78 is 0. The zero-order valence-electron chi connectivity index (χ0n) is 10.3. The van der Waals surface area contributed by atoms with Crippen molar-refractivity contribution in [2.75, 3.05) is 13.2 Å². The highest BCUT2D eigenvalue weighted by Crippen LogP contribution is 2.45. The monoisotopic (exact) mass is 231 g/mol. The van der Waals surface area contributed by atoms with Crippen molar-refractivity contribution in [1.29, 1.82) is 0 Å². The fraction of sp³-hybridized carbons (Fsp3) is 0.600. The van der Waals surface area contributed by atoms with Crippen molar-refractivity contribution >= 4 is 0 Å². The Morgan fingerprint density at radius 1 is 1.29 bits per heavy atom. The summed E-state index contributed by atoms with van der Waals surface area (Å²) in [4.78, 5) is 0. The van der Waals surface area contributed by atoms with Crippen LogP contribution in [0.25, 0.3) is 0 Å². The van der Waals surface area contributed by atoms with Crippen LogP contribution in [0.4, 0.5) is 0 Å². The van der Waals surface area contributed by atoms with Gasteiger partial charge in [-0.3, -0.25) is 0 Å². The third kappa shape index (κ3) is 2.24. The maximum Gasteiger partial charge on any atom is 0.0499 e. The van der Waals surface area contributed by atoms with Crippen LogP contribution in [0.1, 0.15) is 42.9 Å². The van der Waals surface area contributed by atoms with E-state index < -0.39 is 0 Å². The van der Waals surface area contributed by atoms with Crippen molar-refractivity contribution in [3.05, 3.63) is 35.4 Å². The van der Waals surface area contributed by atoms with E-state index in [1.807, 2.05) is 0 Å². The minimum atomic E-state index is 0.215. The summed E-state index contributed by atoms with van der Waals surface area (Å²) in [6.45, 7) is 1.32. The number of hydrogen-bond acceptors (Lipinski definition) is 2. The Bertz CT molecular complexity index is 398. The van der Waals surface area contributed by atoms with Crippen LogP contribution in [0.5, 0.6) is 0 Å². The van der Waals surface area contributed by atoms with Crippen LogP contribution in [0.3, 0.4) is 0 Å². The van der Waals surface area contributed by atoms with E-state index in [2.05, 4.69) is 29.6 Å². The van der Waals surface area contributed by atoms with E-state index in [0.717, 1.165) is 6.54 Å². The number of aliphatic hydroxyl groups is 1. The van der Waals surface area contributed by atoms with Gasteiger partial charge in [-0.1, -0.05) is 24.3 Å². The Kier molecular flexibility index (Phi) is 2.93. The van der Waals surface area contributed by atoms with Crippen molar-refractivity contribution in [2.24, 2.45) is 5.41 Å². The number of aliphatic hydroxyl groups excluding tert-OH is 1. The number of fused-ring (bicyclic) bond motifs is 1. The lowest BCUT2D eigenvalue weighted by molar-refractivity contribution is 0.202. The predicted octanol–water partition coefficient (Wildman–Crippen LogP) is 2.43. The van der Waals surface area contributed by atoms with Gasteiger partial charge in [0.1, 0.15) is 0 Å². The molecular weight excluding hydrogens is 210 g/mol. The third-order valence-corrected chi connectivity index (χ3v) is 4.39. The first kappa shape index (κ1) is 11.2. The molecule has 0 amide bonds. The lowest BCUT2D eigenvalue weighted by atomic mass is 9.87. The van der Waals surface area contributed by atoms with Crippen LogP contribution in [0, 0.1) is 5.41 Å². The van der Waals surface area contributed by atoms with Crippen molar-refractivity contribution in [3.63, 3.8) is 0 Å². The lowest BCUT2D eigenvalue weighted by Crippen LogP contribution is -2.32. The quantitative estimate of drug-likeness (QED) is 0.834. The molecule has 1 unspecified atom stereocenters. The third-order valence-electron chi connectivity index (χ3n) is 4.39. The molecule has 2 heteroatoms. The molecule has 1 saturated carbocycles. The second-order valence-electron chi connectivity index (χ2n) is 5.68. The molecule has 1 fully saturated rings. The average molecular weight is 231 g/mol. The fourth-order valence-electron chi connectivity index (χ4n) is 2.87. The van der Waals surface area contributed by atoms with E-state index in [-0.39, 0.29) is 5.41 Å². The first-order valence-electron chi connectivity index (χ1n) is 6.75. The van der Waals surface area contributed by atoms with Crippen molar-refractivity contribution in [1.82, 2.24) is 5.32 Å². The smallest absolute Gasteiger partial charge is 0.0499 e. The van der Waals surface area contributed by atoms with Gasteiger partial charge in [-0.05, 0) is 43.2 Å². The summed E-state index contributed by atoms with van der Waals surface area (Å²) in [6.07, 6.45) is 6.11. The van der Waals surface area contributed by atoms with Crippen LogP contribution in [-0.2, 0) is 6.42 Å². The van der Waals surface area contributed by atoms with Crippen LogP contribution in [0.15, 0.2) is 24.3 Å². The zero-order valence-corrected chi connectivity index (χ0v) is 10.3. The van der Waals surface area contributed by atoms with Gasteiger partial charge in [-0.15, -0.1) is 0 Å². The number of aryl methyl sites for hydroxylation is 1. The molecule has 0 heterocycles. The molecule has 1 atom stereocenters. The topological polar surface area (TPSA) is 32.3 Å². The van der Waals surface area contributed by atoms with E-state index >= 15 is 0 Å². The molecule has 92 valence electrons. The highest BCUT2D eigenvalue weighted by Gasteiger charge is 2.42. The summed E-state index contributed by atoms with van der Waals surface area (Å²) >= 11 is 0. The molecule has 1 aromatic carbocycles. The van der Waals surface area contributed by atoms with Crippen LogP contribution in [-0.4, -0.2) is 18.3 Å². The molecule has 0 spiro atoms. The summed E-state index contributed by atoms with van der Waals surface area (Å²) in [5, 5.41) is 13.0. The highest BCUT2D eigenvalue weighted by molar-refractivity contribution is 5.32. The second-order valence-corrected chi connectivity index (χ2v) is 5.68. The van der Waals surface area contributed by atoms with Crippen LogP contribution in [0.2, 0.25) is 0 Å². The van der Waals surface area contributed by atoms with Gasteiger partial charge < -0.3 is 10.4 Å². The molecule has 0 radical (unpaired) electrons. The summed E-state index contributed by atoms with van der Waals surface area (Å²) in [5.74, 6) is 0. The molecule has 0 saturated heterocycles. The summed E-state index contributed by atoms with van der Waals surface area (Å²) in [5.41, 5.74) is 3.20. The van der Waals surface area contributed by atoms with E-state index in [1.54, 1.807) is 0 Å². The lowest BCUT2D eigenvalue weighted by Gasteiger charge is -2.28. The molecule has 2 nitrogen and oxygen atoms in total. The number of nitrogens with one attached hydrogen (secondary N) is 1. The van der Waals surface area contributed by atoms with E-state index in [0.29, 0.717) is 12.6 Å². The van der Waals surface area contributed by atoms with Crippen molar-refractivity contribution in [3.8, 4) is 0 Å². The van der Waals surface area contributed by atoms with Gasteiger partial charge in [0.15, 0.2) is 0 Å². The van der Waals surface area contributed by atoms with Gasteiger partial charge in [0.05, 0.1) is 0 Å². The minimum Gasteiger partial charge on any atom is -0.396 e. The van der Waals surface area contributed by atoms with Crippen LogP contribution >= 0.6 is 0 Å². The SMILES string of the molecule is OCC1(CNC2CCCc3ccccc32)CC1. The van der Waals surface area contributed by atoms with Gasteiger partial charge in [0.2, 0.25) is 0 Å². The Morgan fingerprint density at radius 3 is 2.88 bits per heavy atom. The molecule has 17 heavy (non-hydrogen) atoms. The van der Waals surface area contributed by atoms with Gasteiger partial charge in [-0.25, -0.2) is 0 Å². The molecule has 0 aliphatic heterocycles. The Morgan fingerprint density at radius 2 is 2.12 bits per heavy atom. The molecule has 2 aliphatic carbocycles. The largest absolute Gasteiger partial charge is 0.396 e. The molecule has 2 aliphatic rings. The highest BCUT2D eigenvalue weighted by atomic mass is 16.3. The number of hydrogen-bond donors (Lipinski definition) is 2. The minimum absolute atomic E-state index is 0.215. The zero-order chi connectivity index (χ0) is 11.7. The Hall–Kier alpha value is -0.860. The number of rotatable bonds is 4.